The molecule has 37 heavy (non-hydrogen) atoms. The summed E-state index contributed by atoms with van der Waals surface area (Å²) in [4.78, 5) is 40.7. The number of rotatable bonds is 5. The van der Waals surface area contributed by atoms with Gasteiger partial charge in [-0.15, -0.1) is 0 Å². The fourth-order valence-corrected chi connectivity index (χ4v) is 5.13. The first kappa shape index (κ1) is 22.7. The molecule has 0 saturated heterocycles. The monoisotopic (exact) mass is 490 g/mol. The molecule has 0 aliphatic carbocycles. The smallest absolute Gasteiger partial charge is 0.255 e. The van der Waals surface area contributed by atoms with Gasteiger partial charge in [-0.25, -0.2) is 0 Å². The molecule has 1 aliphatic heterocycles. The number of likely N-dealkylation sites (N-methyl/N-ethyl adjacent to an activating group) is 1. The van der Waals surface area contributed by atoms with Gasteiger partial charge < -0.3 is 20.5 Å². The number of nitrogens with zero attached hydrogens (tertiary/aromatic N) is 3. The van der Waals surface area contributed by atoms with Gasteiger partial charge in [0.1, 0.15) is 6.04 Å². The van der Waals surface area contributed by atoms with Crippen LogP contribution in [0.2, 0.25) is 0 Å². The van der Waals surface area contributed by atoms with Crippen LogP contribution in [0.4, 0.5) is 5.69 Å². The van der Waals surface area contributed by atoms with E-state index in [0.717, 1.165) is 44.4 Å². The Bertz CT molecular complexity index is 1640. The second-order valence-corrected chi connectivity index (χ2v) is 9.17. The number of carbonyl (C=O) groups excluding carboxylic acids is 2. The van der Waals surface area contributed by atoms with E-state index in [4.69, 9.17) is 0 Å². The van der Waals surface area contributed by atoms with E-state index in [1.165, 1.54) is 0 Å². The number of amides is 2. The van der Waals surface area contributed by atoms with Crippen molar-refractivity contribution in [2.45, 2.75) is 25.6 Å². The highest BCUT2D eigenvalue weighted by Gasteiger charge is 2.36. The molecule has 0 saturated carbocycles. The van der Waals surface area contributed by atoms with E-state index in [1.54, 1.807) is 24.3 Å². The molecular formula is C29H26N6O2. The quantitative estimate of drug-likeness (QED) is 0.345. The highest BCUT2D eigenvalue weighted by molar-refractivity contribution is 6.00. The first-order valence-corrected chi connectivity index (χ1v) is 12.3. The lowest BCUT2D eigenvalue weighted by Gasteiger charge is -2.35. The molecule has 0 bridgehead atoms. The fraction of sp³-hybridized carbons (Fsp3) is 0.172. The van der Waals surface area contributed by atoms with Crippen LogP contribution >= 0.6 is 0 Å². The van der Waals surface area contributed by atoms with Crippen molar-refractivity contribution in [3.8, 4) is 0 Å². The maximum atomic E-state index is 13.9. The molecular weight excluding hydrogens is 464 g/mol. The fourth-order valence-electron chi connectivity index (χ4n) is 5.13. The zero-order valence-electron chi connectivity index (χ0n) is 20.4. The van der Waals surface area contributed by atoms with Crippen molar-refractivity contribution in [2.75, 3.05) is 12.4 Å². The number of hydrogen-bond acceptors (Lipinski definition) is 5. The largest absolute Gasteiger partial charge is 0.381 e. The zero-order chi connectivity index (χ0) is 25.4. The average Bonchev–Trinajstić information content (AvgIpc) is 3.32. The SMILES string of the molecule is CNC(=O)[C@H]1Cc2c([nH]c3ccccc23)CN1C(=O)c1ccccc1CNc1ccc2nccnc2c1. The van der Waals surface area contributed by atoms with Crippen LogP contribution in [0.5, 0.6) is 0 Å². The van der Waals surface area contributed by atoms with Gasteiger partial charge in [0.05, 0.1) is 17.6 Å². The first-order valence-electron chi connectivity index (χ1n) is 12.3. The summed E-state index contributed by atoms with van der Waals surface area (Å²) in [5.74, 6) is -0.336. The molecule has 0 spiro atoms. The van der Waals surface area contributed by atoms with Crippen LogP contribution in [0, 0.1) is 0 Å². The van der Waals surface area contributed by atoms with Crippen LogP contribution in [0.1, 0.15) is 27.2 Å². The van der Waals surface area contributed by atoms with Gasteiger partial charge in [-0.1, -0.05) is 36.4 Å². The normalized spacial score (nSPS) is 14.9. The Hall–Kier alpha value is -4.72. The number of fused-ring (bicyclic) bond motifs is 4. The van der Waals surface area contributed by atoms with Crippen molar-refractivity contribution >= 4 is 39.4 Å². The number of carbonyl (C=O) groups is 2. The van der Waals surface area contributed by atoms with E-state index >= 15 is 0 Å². The number of aromatic amines is 1. The van der Waals surface area contributed by atoms with Crippen molar-refractivity contribution in [1.29, 1.82) is 0 Å². The Morgan fingerprint density at radius 2 is 1.78 bits per heavy atom. The van der Waals surface area contributed by atoms with E-state index in [-0.39, 0.29) is 11.8 Å². The molecule has 8 nitrogen and oxygen atoms in total. The number of benzene rings is 3. The Morgan fingerprint density at radius 1 is 1.00 bits per heavy atom. The molecule has 2 amide bonds. The zero-order valence-corrected chi connectivity index (χ0v) is 20.4. The van der Waals surface area contributed by atoms with Crippen LogP contribution in [0.25, 0.3) is 21.9 Å². The molecule has 3 aromatic carbocycles. The minimum absolute atomic E-state index is 0.167. The summed E-state index contributed by atoms with van der Waals surface area (Å²) in [6.45, 7) is 0.788. The Labute approximate surface area is 213 Å². The van der Waals surface area contributed by atoms with Gasteiger partial charge in [-0.3, -0.25) is 19.6 Å². The predicted molar refractivity (Wildman–Crippen MR) is 143 cm³/mol. The van der Waals surface area contributed by atoms with E-state index in [9.17, 15) is 9.59 Å². The second kappa shape index (κ2) is 9.39. The van der Waals surface area contributed by atoms with Crippen LogP contribution in [0.3, 0.4) is 0 Å². The predicted octanol–water partition coefficient (Wildman–Crippen LogP) is 4.04. The molecule has 3 heterocycles. The van der Waals surface area contributed by atoms with Gasteiger partial charge >= 0.3 is 0 Å². The summed E-state index contributed by atoms with van der Waals surface area (Å²) in [6.07, 6.45) is 3.80. The van der Waals surface area contributed by atoms with Crippen molar-refractivity contribution in [3.05, 3.63) is 102 Å². The summed E-state index contributed by atoms with van der Waals surface area (Å²) in [5.41, 5.74) is 7.03. The average molecular weight is 491 g/mol. The number of H-pyrrole nitrogens is 1. The van der Waals surface area contributed by atoms with Gasteiger partial charge in [0, 0.05) is 60.3 Å². The molecule has 3 N–H and O–H groups in total. The Balaban J connectivity index is 1.30. The number of hydrogen-bond donors (Lipinski definition) is 3. The summed E-state index contributed by atoms with van der Waals surface area (Å²) >= 11 is 0. The first-order chi connectivity index (χ1) is 18.1. The molecule has 2 aromatic heterocycles. The molecule has 0 radical (unpaired) electrons. The maximum absolute atomic E-state index is 13.9. The van der Waals surface area contributed by atoms with Crippen molar-refractivity contribution < 1.29 is 9.59 Å². The van der Waals surface area contributed by atoms with E-state index in [2.05, 4.69) is 31.7 Å². The summed E-state index contributed by atoms with van der Waals surface area (Å²) in [6, 6.07) is 20.8. The molecule has 5 aromatic rings. The second-order valence-electron chi connectivity index (χ2n) is 9.17. The number of para-hydroxylation sites is 1. The van der Waals surface area contributed by atoms with Gasteiger partial charge in [-0.05, 0) is 41.5 Å². The third kappa shape index (κ3) is 4.16. The molecule has 0 unspecified atom stereocenters. The van der Waals surface area contributed by atoms with Crippen LogP contribution in [0.15, 0.2) is 79.1 Å². The highest BCUT2D eigenvalue weighted by Crippen LogP contribution is 2.31. The molecule has 8 heteroatoms. The number of anilines is 1. The minimum Gasteiger partial charge on any atom is -0.381 e. The molecule has 184 valence electrons. The minimum atomic E-state index is -0.593. The van der Waals surface area contributed by atoms with Crippen molar-refractivity contribution in [3.63, 3.8) is 0 Å². The number of aromatic nitrogens is 3. The lowest BCUT2D eigenvalue weighted by atomic mass is 9.94. The topological polar surface area (TPSA) is 103 Å². The molecule has 1 atom stereocenters. The molecule has 6 rings (SSSR count). The van der Waals surface area contributed by atoms with Gasteiger partial charge in [-0.2, -0.15) is 0 Å². The summed E-state index contributed by atoms with van der Waals surface area (Å²) < 4.78 is 0. The maximum Gasteiger partial charge on any atom is 0.255 e. The van der Waals surface area contributed by atoms with Crippen molar-refractivity contribution in [2.24, 2.45) is 0 Å². The lowest BCUT2D eigenvalue weighted by Crippen LogP contribution is -2.52. The van der Waals surface area contributed by atoms with Gasteiger partial charge in [0.2, 0.25) is 5.91 Å². The van der Waals surface area contributed by atoms with Crippen LogP contribution in [-0.2, 0) is 24.3 Å². The van der Waals surface area contributed by atoms with Gasteiger partial charge in [0.15, 0.2) is 0 Å². The summed E-state index contributed by atoms with van der Waals surface area (Å²) in [5, 5.41) is 7.26. The lowest BCUT2D eigenvalue weighted by molar-refractivity contribution is -0.125. The van der Waals surface area contributed by atoms with E-state index in [1.807, 2.05) is 60.7 Å². The van der Waals surface area contributed by atoms with E-state index < -0.39 is 6.04 Å². The van der Waals surface area contributed by atoms with Crippen molar-refractivity contribution in [1.82, 2.24) is 25.2 Å². The Kier molecular flexibility index (Phi) is 5.76. The third-order valence-corrected chi connectivity index (χ3v) is 7.01. The third-order valence-electron chi connectivity index (χ3n) is 7.01. The highest BCUT2D eigenvalue weighted by atomic mass is 16.2. The molecule has 0 fully saturated rings. The van der Waals surface area contributed by atoms with E-state index in [0.29, 0.717) is 25.1 Å². The summed E-state index contributed by atoms with van der Waals surface area (Å²) in [7, 11) is 1.61. The Morgan fingerprint density at radius 3 is 2.65 bits per heavy atom. The number of nitrogens with one attached hydrogen (secondary N) is 3. The standard InChI is InChI=1S/C29H26N6O2/c1-30-28(36)27-15-22-21-8-4-5-9-23(21)34-26(22)17-35(27)29(37)20-7-3-2-6-18(20)16-33-19-10-11-24-25(14-19)32-13-12-31-24/h2-14,27,33-34H,15-17H2,1H3,(H,30,36)/t27-/m1/s1. The molecule has 1 aliphatic rings. The van der Waals surface area contributed by atoms with Gasteiger partial charge in [0.25, 0.3) is 5.91 Å². The van der Waals surface area contributed by atoms with Crippen LogP contribution < -0.4 is 10.6 Å². The van der Waals surface area contributed by atoms with Crippen LogP contribution in [-0.4, -0.2) is 44.8 Å².